The predicted molar refractivity (Wildman–Crippen MR) is 108 cm³/mol. The van der Waals surface area contributed by atoms with Gasteiger partial charge in [0.05, 0.1) is 23.5 Å². The summed E-state index contributed by atoms with van der Waals surface area (Å²) in [4.78, 5) is 19.3. The fraction of sp³-hybridized carbons (Fsp3) is 0.304. The van der Waals surface area contributed by atoms with Gasteiger partial charge in [-0.3, -0.25) is 9.36 Å². The van der Waals surface area contributed by atoms with Gasteiger partial charge in [0.2, 0.25) is 5.91 Å². The first kappa shape index (κ1) is 17.5. The van der Waals surface area contributed by atoms with Gasteiger partial charge < -0.3 is 4.90 Å². The van der Waals surface area contributed by atoms with Crippen LogP contribution in [-0.4, -0.2) is 34.5 Å². The van der Waals surface area contributed by atoms with E-state index in [2.05, 4.69) is 60.0 Å². The summed E-state index contributed by atoms with van der Waals surface area (Å²) in [6.07, 6.45) is 3.38. The van der Waals surface area contributed by atoms with Gasteiger partial charge in [0.25, 0.3) is 0 Å². The number of aryl methyl sites for hydroxylation is 3. The highest BCUT2D eigenvalue weighted by molar-refractivity contribution is 5.81. The summed E-state index contributed by atoms with van der Waals surface area (Å²) in [6.45, 7) is 2.08. The third-order valence-corrected chi connectivity index (χ3v) is 5.26. The molecule has 0 saturated carbocycles. The van der Waals surface area contributed by atoms with Crippen LogP contribution in [-0.2, 0) is 24.1 Å². The van der Waals surface area contributed by atoms with Crippen LogP contribution in [0, 0.1) is 6.92 Å². The second-order valence-electron chi connectivity index (χ2n) is 7.47. The Morgan fingerprint density at radius 3 is 2.56 bits per heavy atom. The molecule has 4 rings (SSSR count). The lowest BCUT2D eigenvalue weighted by Gasteiger charge is -2.16. The molecular formula is C23H25N3O. The Balaban J connectivity index is 1.94. The average molecular weight is 359 g/mol. The van der Waals surface area contributed by atoms with E-state index < -0.39 is 0 Å². The summed E-state index contributed by atoms with van der Waals surface area (Å²) in [5.74, 6) is 1.14. The molecule has 2 heterocycles. The van der Waals surface area contributed by atoms with Crippen LogP contribution in [0.1, 0.15) is 29.1 Å². The first-order chi connectivity index (χ1) is 13.0. The Hall–Kier alpha value is -2.88. The van der Waals surface area contributed by atoms with Gasteiger partial charge in [-0.15, -0.1) is 0 Å². The fourth-order valence-corrected chi connectivity index (χ4v) is 3.74. The molecule has 0 saturated heterocycles. The molecule has 0 atom stereocenters. The van der Waals surface area contributed by atoms with Crippen LogP contribution in [0.15, 0.2) is 48.5 Å². The van der Waals surface area contributed by atoms with Gasteiger partial charge in [0, 0.05) is 26.1 Å². The molecule has 0 unspecified atom stereocenters. The molecule has 3 aromatic rings. The second-order valence-corrected chi connectivity index (χ2v) is 7.47. The number of carbonyl (C=O) groups is 1. The van der Waals surface area contributed by atoms with E-state index >= 15 is 0 Å². The van der Waals surface area contributed by atoms with Crippen molar-refractivity contribution in [1.29, 1.82) is 0 Å². The van der Waals surface area contributed by atoms with Crippen molar-refractivity contribution in [1.82, 2.24) is 14.5 Å². The van der Waals surface area contributed by atoms with Gasteiger partial charge in [-0.25, -0.2) is 4.98 Å². The molecule has 27 heavy (non-hydrogen) atoms. The zero-order valence-corrected chi connectivity index (χ0v) is 16.2. The Morgan fingerprint density at radius 2 is 1.81 bits per heavy atom. The lowest BCUT2D eigenvalue weighted by atomic mass is 10.0. The quantitative estimate of drug-likeness (QED) is 0.710. The van der Waals surface area contributed by atoms with Crippen LogP contribution in [0.25, 0.3) is 16.9 Å². The van der Waals surface area contributed by atoms with Gasteiger partial charge >= 0.3 is 0 Å². The van der Waals surface area contributed by atoms with Gasteiger partial charge in [0.1, 0.15) is 5.82 Å². The van der Waals surface area contributed by atoms with Crippen LogP contribution in [0.5, 0.6) is 0 Å². The highest BCUT2D eigenvalue weighted by atomic mass is 16.2. The van der Waals surface area contributed by atoms with E-state index in [1.165, 1.54) is 11.1 Å². The van der Waals surface area contributed by atoms with Crippen molar-refractivity contribution in [3.05, 3.63) is 71.2 Å². The first-order valence-corrected chi connectivity index (χ1v) is 9.50. The minimum absolute atomic E-state index is 0.0905. The molecule has 0 bridgehead atoms. The number of likely N-dealkylation sites (N-methyl/N-ethyl adjacent to an activating group) is 1. The van der Waals surface area contributed by atoms with Crippen molar-refractivity contribution in [2.45, 2.75) is 32.6 Å². The van der Waals surface area contributed by atoms with E-state index in [0.717, 1.165) is 47.7 Å². The Labute approximate surface area is 160 Å². The van der Waals surface area contributed by atoms with Crippen LogP contribution < -0.4 is 0 Å². The maximum Gasteiger partial charge on any atom is 0.228 e. The van der Waals surface area contributed by atoms with Crippen molar-refractivity contribution in [2.24, 2.45) is 0 Å². The Morgan fingerprint density at radius 1 is 1.07 bits per heavy atom. The first-order valence-electron chi connectivity index (χ1n) is 9.50. The molecule has 4 nitrogen and oxygen atoms in total. The van der Waals surface area contributed by atoms with E-state index in [1.807, 2.05) is 14.1 Å². The topological polar surface area (TPSA) is 38.1 Å². The number of fused-ring (bicyclic) bond motifs is 3. The maximum absolute atomic E-state index is 12.6. The SMILES string of the molecule is Cc1ccc(-c2nc3n(c2CC(=O)N(C)C)-c2ccccc2CCC3)cc1. The van der Waals surface area contributed by atoms with Crippen molar-refractivity contribution >= 4 is 5.91 Å². The summed E-state index contributed by atoms with van der Waals surface area (Å²) in [5.41, 5.74) is 6.69. The van der Waals surface area contributed by atoms with Crippen molar-refractivity contribution in [3.8, 4) is 16.9 Å². The molecule has 138 valence electrons. The number of para-hydroxylation sites is 1. The largest absolute Gasteiger partial charge is 0.348 e. The zero-order valence-electron chi connectivity index (χ0n) is 16.2. The minimum Gasteiger partial charge on any atom is -0.348 e. The van der Waals surface area contributed by atoms with Gasteiger partial charge in [-0.1, -0.05) is 48.0 Å². The molecular weight excluding hydrogens is 334 g/mol. The van der Waals surface area contributed by atoms with Crippen LogP contribution >= 0.6 is 0 Å². The smallest absolute Gasteiger partial charge is 0.228 e. The third-order valence-electron chi connectivity index (χ3n) is 5.26. The lowest BCUT2D eigenvalue weighted by molar-refractivity contribution is -0.128. The number of nitrogens with zero attached hydrogens (tertiary/aromatic N) is 3. The van der Waals surface area contributed by atoms with Gasteiger partial charge in [-0.05, 0) is 31.4 Å². The Bertz CT molecular complexity index is 983. The van der Waals surface area contributed by atoms with Crippen LogP contribution in [0.2, 0.25) is 0 Å². The number of hydrogen-bond donors (Lipinski definition) is 0. The zero-order chi connectivity index (χ0) is 19.0. The summed E-state index contributed by atoms with van der Waals surface area (Å²) in [6, 6.07) is 16.9. The summed E-state index contributed by atoms with van der Waals surface area (Å²) < 4.78 is 2.24. The number of rotatable bonds is 3. The minimum atomic E-state index is 0.0905. The van der Waals surface area contributed by atoms with E-state index in [1.54, 1.807) is 4.90 Å². The molecule has 0 radical (unpaired) electrons. The number of carbonyl (C=O) groups excluding carboxylic acids is 1. The molecule has 1 aliphatic heterocycles. The molecule has 1 amide bonds. The number of benzene rings is 2. The Kier molecular flexibility index (Phi) is 4.56. The monoisotopic (exact) mass is 359 g/mol. The van der Waals surface area contributed by atoms with E-state index in [4.69, 9.17) is 4.98 Å². The normalized spacial score (nSPS) is 12.9. The highest BCUT2D eigenvalue weighted by Crippen LogP contribution is 2.32. The van der Waals surface area contributed by atoms with E-state index in [-0.39, 0.29) is 5.91 Å². The molecule has 0 aliphatic carbocycles. The number of aromatic nitrogens is 2. The van der Waals surface area contributed by atoms with E-state index in [0.29, 0.717) is 6.42 Å². The van der Waals surface area contributed by atoms with Gasteiger partial charge in [0.15, 0.2) is 0 Å². The van der Waals surface area contributed by atoms with E-state index in [9.17, 15) is 4.79 Å². The van der Waals surface area contributed by atoms with Crippen LogP contribution in [0.4, 0.5) is 0 Å². The predicted octanol–water partition coefficient (Wildman–Crippen LogP) is 3.97. The molecule has 0 fully saturated rings. The number of imidazole rings is 1. The maximum atomic E-state index is 12.6. The molecule has 2 aromatic carbocycles. The summed E-state index contributed by atoms with van der Waals surface area (Å²) in [7, 11) is 3.61. The van der Waals surface area contributed by atoms with Crippen molar-refractivity contribution in [2.75, 3.05) is 14.1 Å². The standard InChI is InChI=1S/C23H25N3O/c1-16-11-13-18(14-12-16)23-20(15-22(27)25(2)3)26-19-9-5-4-7-17(19)8-6-10-21(26)24-23/h4-5,7,9,11-14H,6,8,10,15H2,1-3H3. The van der Waals surface area contributed by atoms with Gasteiger partial charge in [-0.2, -0.15) is 0 Å². The number of hydrogen-bond acceptors (Lipinski definition) is 2. The third kappa shape index (κ3) is 3.27. The molecule has 0 spiro atoms. The fourth-order valence-electron chi connectivity index (χ4n) is 3.74. The average Bonchev–Trinajstić information content (AvgIpc) is 2.90. The molecule has 4 heteroatoms. The van der Waals surface area contributed by atoms with Crippen LogP contribution in [0.3, 0.4) is 0 Å². The van der Waals surface area contributed by atoms with Crippen molar-refractivity contribution in [3.63, 3.8) is 0 Å². The summed E-state index contributed by atoms with van der Waals surface area (Å²) >= 11 is 0. The number of amides is 1. The lowest BCUT2D eigenvalue weighted by Crippen LogP contribution is -2.25. The van der Waals surface area contributed by atoms with Crippen molar-refractivity contribution < 1.29 is 4.79 Å². The molecule has 1 aliphatic rings. The molecule has 1 aromatic heterocycles. The highest BCUT2D eigenvalue weighted by Gasteiger charge is 2.25. The second kappa shape index (κ2) is 7.03. The summed E-state index contributed by atoms with van der Waals surface area (Å²) in [5, 5.41) is 0. The molecule has 0 N–H and O–H groups in total.